The van der Waals surface area contributed by atoms with Crippen molar-refractivity contribution in [3.05, 3.63) is 59.1 Å². The van der Waals surface area contributed by atoms with Gasteiger partial charge in [-0.2, -0.15) is 0 Å². The van der Waals surface area contributed by atoms with Gasteiger partial charge < -0.3 is 5.32 Å². The molecule has 2 aromatic rings. The number of nitrogens with zero attached hydrogens (tertiary/aromatic N) is 2. The van der Waals surface area contributed by atoms with Crippen molar-refractivity contribution in [3.8, 4) is 0 Å². The third kappa shape index (κ3) is 4.83. The Morgan fingerprint density at radius 1 is 1.04 bits per heavy atom. The first-order chi connectivity index (χ1) is 13.7. The normalized spacial score (nSPS) is 16.8. The van der Waals surface area contributed by atoms with E-state index in [9.17, 15) is 4.79 Å². The molecule has 0 unspecified atom stereocenters. The second kappa shape index (κ2) is 8.93. The van der Waals surface area contributed by atoms with Crippen molar-refractivity contribution < 1.29 is 4.79 Å². The van der Waals surface area contributed by atoms with Gasteiger partial charge in [0.15, 0.2) is 0 Å². The predicted molar refractivity (Wildman–Crippen MR) is 119 cm³/mol. The molecule has 0 atom stereocenters. The summed E-state index contributed by atoms with van der Waals surface area (Å²) in [6.45, 7) is 0. The van der Waals surface area contributed by atoms with E-state index in [-0.39, 0.29) is 5.91 Å². The monoisotopic (exact) mass is 411 g/mol. The molecular weight excluding hydrogens is 390 g/mol. The smallest absolute Gasteiger partial charge is 0.230 e. The Balaban J connectivity index is 1.52. The maximum absolute atomic E-state index is 12.3. The number of carbonyl (C=O) groups excluding carboxylic acids is 1. The minimum atomic E-state index is 0.0853. The highest BCUT2D eigenvalue weighted by Crippen LogP contribution is 2.33. The van der Waals surface area contributed by atoms with Crippen LogP contribution in [0.4, 0.5) is 11.4 Å². The number of carbonyl (C=O) groups is 1. The number of halogens is 1. The molecule has 4 nitrogen and oxygen atoms in total. The largest absolute Gasteiger partial charge is 0.353 e. The molecule has 1 aliphatic heterocycles. The van der Waals surface area contributed by atoms with E-state index < -0.39 is 0 Å². The van der Waals surface area contributed by atoms with Crippen LogP contribution in [-0.4, -0.2) is 28.5 Å². The van der Waals surface area contributed by atoms with Crippen molar-refractivity contribution >= 4 is 51.4 Å². The Bertz CT molecular complexity index is 918. The number of aliphatic imine (C=N–C) groups is 2. The molecule has 1 saturated carbocycles. The van der Waals surface area contributed by atoms with Gasteiger partial charge in [0.2, 0.25) is 5.91 Å². The van der Waals surface area contributed by atoms with Crippen LogP contribution in [0.5, 0.6) is 0 Å². The maximum atomic E-state index is 12.3. The highest BCUT2D eigenvalue weighted by molar-refractivity contribution is 8.14. The van der Waals surface area contributed by atoms with E-state index in [2.05, 4.69) is 5.32 Å². The molecule has 0 radical (unpaired) electrons. The molecule has 28 heavy (non-hydrogen) atoms. The Morgan fingerprint density at radius 3 is 2.43 bits per heavy atom. The summed E-state index contributed by atoms with van der Waals surface area (Å²) in [5, 5.41) is 4.74. The summed E-state index contributed by atoms with van der Waals surface area (Å²) in [6, 6.07) is 15.9. The summed E-state index contributed by atoms with van der Waals surface area (Å²) in [4.78, 5) is 22.0. The minimum Gasteiger partial charge on any atom is -0.353 e. The van der Waals surface area contributed by atoms with Crippen LogP contribution in [0, 0.1) is 0 Å². The number of nitrogens with one attached hydrogen (secondary N) is 1. The van der Waals surface area contributed by atoms with Crippen LogP contribution in [0.25, 0.3) is 0 Å². The zero-order valence-corrected chi connectivity index (χ0v) is 17.1. The highest BCUT2D eigenvalue weighted by atomic mass is 35.5. The van der Waals surface area contributed by atoms with Crippen LogP contribution in [0.3, 0.4) is 0 Å². The Labute approximate surface area is 174 Å². The van der Waals surface area contributed by atoms with Crippen molar-refractivity contribution in [3.63, 3.8) is 0 Å². The zero-order chi connectivity index (χ0) is 19.3. The topological polar surface area (TPSA) is 53.8 Å². The molecule has 144 valence electrons. The fourth-order valence-corrected chi connectivity index (χ4v) is 4.44. The predicted octanol–water partition coefficient (Wildman–Crippen LogP) is 5.69. The van der Waals surface area contributed by atoms with Gasteiger partial charge in [0.1, 0.15) is 0 Å². The van der Waals surface area contributed by atoms with Gasteiger partial charge in [-0.15, -0.1) is 11.8 Å². The third-order valence-corrected chi connectivity index (χ3v) is 6.20. The summed E-state index contributed by atoms with van der Waals surface area (Å²) in [6.07, 6.45) is 5.21. The second-order valence-corrected chi connectivity index (χ2v) is 8.56. The molecule has 0 spiro atoms. The first-order valence-electron chi connectivity index (χ1n) is 9.59. The molecule has 6 heteroatoms. The fraction of sp³-hybridized carbons (Fsp3) is 0.318. The van der Waals surface area contributed by atoms with Gasteiger partial charge in [-0.05, 0) is 42.7 Å². The first-order valence-corrected chi connectivity index (χ1v) is 11.0. The average Bonchev–Trinajstić information content (AvgIpc) is 3.12. The van der Waals surface area contributed by atoms with E-state index in [1.807, 2.05) is 48.5 Å². The summed E-state index contributed by atoms with van der Waals surface area (Å²) in [5.74, 6) is 0.466. The van der Waals surface area contributed by atoms with E-state index in [0.717, 1.165) is 40.5 Å². The standard InChI is InChI=1S/C22H22ClN3OS/c23-16-11-9-15(10-12-16)20-13-22(26-19-8-4-3-7-18(19)25-20)28-14-21(27)24-17-5-1-2-6-17/h3-4,7-12,17H,1-2,5-6,13-14H2,(H,24,27). The van der Waals surface area contributed by atoms with Crippen LogP contribution >= 0.6 is 23.4 Å². The number of hydrogen-bond donors (Lipinski definition) is 1. The quantitative estimate of drug-likeness (QED) is 0.702. The van der Waals surface area contributed by atoms with Gasteiger partial charge in [-0.25, -0.2) is 4.99 Å². The van der Waals surface area contributed by atoms with E-state index in [0.29, 0.717) is 23.2 Å². The molecule has 1 heterocycles. The zero-order valence-electron chi connectivity index (χ0n) is 15.5. The molecule has 0 saturated heterocycles. The molecule has 2 aliphatic rings. The molecule has 1 N–H and O–H groups in total. The maximum Gasteiger partial charge on any atom is 0.230 e. The lowest BCUT2D eigenvalue weighted by Crippen LogP contribution is -2.34. The lowest BCUT2D eigenvalue weighted by Gasteiger charge is -2.12. The Kier molecular flexibility index (Phi) is 6.13. The molecule has 2 aromatic carbocycles. The SMILES string of the molecule is O=C(CSC1=Nc2ccccc2N=C(c2ccc(Cl)cc2)C1)NC1CCCC1. The van der Waals surface area contributed by atoms with Crippen LogP contribution in [0.15, 0.2) is 58.5 Å². The van der Waals surface area contributed by atoms with Crippen LogP contribution in [-0.2, 0) is 4.79 Å². The molecular formula is C22H22ClN3OS. The molecule has 4 rings (SSSR count). The minimum absolute atomic E-state index is 0.0853. The Hall–Kier alpha value is -2.11. The summed E-state index contributed by atoms with van der Waals surface area (Å²) < 4.78 is 0. The molecule has 0 aromatic heterocycles. The Morgan fingerprint density at radius 2 is 1.71 bits per heavy atom. The van der Waals surface area contributed by atoms with Crippen LogP contribution < -0.4 is 5.32 Å². The number of benzene rings is 2. The van der Waals surface area contributed by atoms with Gasteiger partial charge in [0, 0.05) is 17.5 Å². The average molecular weight is 412 g/mol. The molecule has 1 amide bonds. The molecule has 0 bridgehead atoms. The summed E-state index contributed by atoms with van der Waals surface area (Å²) in [7, 11) is 0. The first kappa shape index (κ1) is 19.2. The van der Waals surface area contributed by atoms with Gasteiger partial charge in [-0.3, -0.25) is 9.79 Å². The van der Waals surface area contributed by atoms with Crippen LogP contribution in [0.2, 0.25) is 5.02 Å². The van der Waals surface area contributed by atoms with Gasteiger partial charge in [-0.1, -0.05) is 48.7 Å². The molecule has 1 fully saturated rings. The lowest BCUT2D eigenvalue weighted by molar-refractivity contribution is -0.119. The number of hydrogen-bond acceptors (Lipinski definition) is 4. The van der Waals surface area contributed by atoms with Crippen molar-refractivity contribution in [2.24, 2.45) is 9.98 Å². The number of fused-ring (bicyclic) bond motifs is 1. The van der Waals surface area contributed by atoms with Crippen LogP contribution in [0.1, 0.15) is 37.7 Å². The van der Waals surface area contributed by atoms with Crippen molar-refractivity contribution in [1.82, 2.24) is 5.32 Å². The number of amides is 1. The third-order valence-electron chi connectivity index (χ3n) is 4.97. The fourth-order valence-electron chi connectivity index (χ4n) is 3.54. The van der Waals surface area contributed by atoms with E-state index in [1.54, 1.807) is 0 Å². The lowest BCUT2D eigenvalue weighted by atomic mass is 10.1. The molecule has 1 aliphatic carbocycles. The van der Waals surface area contributed by atoms with E-state index in [1.165, 1.54) is 24.6 Å². The summed E-state index contributed by atoms with van der Waals surface area (Å²) in [5.41, 5.74) is 3.64. The number of thioether (sulfide) groups is 1. The van der Waals surface area contributed by atoms with Gasteiger partial charge >= 0.3 is 0 Å². The van der Waals surface area contributed by atoms with Crippen molar-refractivity contribution in [2.75, 3.05) is 5.75 Å². The van der Waals surface area contributed by atoms with Gasteiger partial charge in [0.25, 0.3) is 0 Å². The highest BCUT2D eigenvalue weighted by Gasteiger charge is 2.19. The number of para-hydroxylation sites is 2. The van der Waals surface area contributed by atoms with E-state index in [4.69, 9.17) is 21.6 Å². The van der Waals surface area contributed by atoms with Gasteiger partial charge in [0.05, 0.1) is 27.9 Å². The number of rotatable bonds is 4. The van der Waals surface area contributed by atoms with Crippen molar-refractivity contribution in [1.29, 1.82) is 0 Å². The van der Waals surface area contributed by atoms with E-state index >= 15 is 0 Å². The summed E-state index contributed by atoms with van der Waals surface area (Å²) >= 11 is 7.53. The van der Waals surface area contributed by atoms with Crippen molar-refractivity contribution in [2.45, 2.75) is 38.1 Å². The second-order valence-electron chi connectivity index (χ2n) is 7.07.